The Morgan fingerprint density at radius 1 is 1.42 bits per heavy atom. The Kier molecular flexibility index (Phi) is 3.46. The number of hydrogen-bond acceptors (Lipinski definition) is 6. The van der Waals surface area contributed by atoms with E-state index in [9.17, 15) is 10.1 Å². The first-order chi connectivity index (χ1) is 9.00. The van der Waals surface area contributed by atoms with E-state index < -0.39 is 4.92 Å². The minimum absolute atomic E-state index is 0.00531. The SMILES string of the molecule is Cc1ccnc(NCc2c(C)noc2C)c1[N+](=O)[O-]. The second-order valence-electron chi connectivity index (χ2n) is 4.24. The van der Waals surface area contributed by atoms with Crippen LogP contribution in [0.5, 0.6) is 0 Å². The number of nitrogens with zero attached hydrogens (tertiary/aromatic N) is 3. The van der Waals surface area contributed by atoms with Gasteiger partial charge in [-0.15, -0.1) is 0 Å². The van der Waals surface area contributed by atoms with Gasteiger partial charge in [0.05, 0.1) is 10.6 Å². The van der Waals surface area contributed by atoms with Crippen LogP contribution in [-0.2, 0) is 6.54 Å². The van der Waals surface area contributed by atoms with Gasteiger partial charge >= 0.3 is 5.69 Å². The molecule has 0 aromatic carbocycles. The van der Waals surface area contributed by atoms with E-state index in [1.807, 2.05) is 6.92 Å². The standard InChI is InChI=1S/C12H14N4O3/c1-7-4-5-13-12(11(7)16(17)18)14-6-10-8(2)15-19-9(10)3/h4-5H,6H2,1-3H3,(H,13,14). The fraction of sp³-hybridized carbons (Fsp3) is 0.333. The zero-order chi connectivity index (χ0) is 14.0. The molecule has 100 valence electrons. The van der Waals surface area contributed by atoms with Gasteiger partial charge in [-0.2, -0.15) is 0 Å². The molecule has 0 aliphatic heterocycles. The van der Waals surface area contributed by atoms with Crippen molar-refractivity contribution in [2.24, 2.45) is 0 Å². The third-order valence-corrected chi connectivity index (χ3v) is 2.92. The minimum atomic E-state index is -0.433. The number of anilines is 1. The zero-order valence-corrected chi connectivity index (χ0v) is 10.9. The summed E-state index contributed by atoms with van der Waals surface area (Å²) in [6, 6.07) is 1.61. The van der Waals surface area contributed by atoms with Gasteiger partial charge < -0.3 is 9.84 Å². The molecule has 2 aromatic rings. The highest BCUT2D eigenvalue weighted by Gasteiger charge is 2.19. The van der Waals surface area contributed by atoms with Gasteiger partial charge in [-0.05, 0) is 26.8 Å². The van der Waals surface area contributed by atoms with Crippen molar-refractivity contribution in [3.05, 3.63) is 45.0 Å². The molecule has 0 saturated heterocycles. The van der Waals surface area contributed by atoms with E-state index in [0.717, 1.165) is 11.3 Å². The van der Waals surface area contributed by atoms with Gasteiger partial charge in [0, 0.05) is 23.9 Å². The lowest BCUT2D eigenvalue weighted by Gasteiger charge is -2.07. The number of rotatable bonds is 4. The summed E-state index contributed by atoms with van der Waals surface area (Å²) in [6.07, 6.45) is 1.54. The lowest BCUT2D eigenvalue weighted by molar-refractivity contribution is -0.384. The van der Waals surface area contributed by atoms with Crippen molar-refractivity contribution in [3.8, 4) is 0 Å². The minimum Gasteiger partial charge on any atom is -0.361 e. The summed E-state index contributed by atoms with van der Waals surface area (Å²) < 4.78 is 5.04. The molecular weight excluding hydrogens is 248 g/mol. The number of pyridine rings is 1. The van der Waals surface area contributed by atoms with Crippen LogP contribution < -0.4 is 5.32 Å². The van der Waals surface area contributed by atoms with Crippen LogP contribution in [0, 0.1) is 30.9 Å². The Hall–Kier alpha value is -2.44. The van der Waals surface area contributed by atoms with Crippen LogP contribution in [-0.4, -0.2) is 15.1 Å². The van der Waals surface area contributed by atoms with E-state index in [0.29, 0.717) is 17.9 Å². The number of nitrogens with one attached hydrogen (secondary N) is 1. The summed E-state index contributed by atoms with van der Waals surface area (Å²) in [5.41, 5.74) is 2.22. The highest BCUT2D eigenvalue weighted by atomic mass is 16.6. The maximum atomic E-state index is 11.0. The summed E-state index contributed by atoms with van der Waals surface area (Å²) in [6.45, 7) is 5.69. The molecule has 2 heterocycles. The number of hydrogen-bond donors (Lipinski definition) is 1. The van der Waals surface area contributed by atoms with Gasteiger partial charge in [0.15, 0.2) is 0 Å². The van der Waals surface area contributed by atoms with Crippen LogP contribution in [0.4, 0.5) is 11.5 Å². The van der Waals surface area contributed by atoms with E-state index in [-0.39, 0.29) is 11.5 Å². The Labute approximate surface area is 109 Å². The second-order valence-corrected chi connectivity index (χ2v) is 4.24. The molecule has 0 saturated carbocycles. The van der Waals surface area contributed by atoms with Crippen LogP contribution in [0.3, 0.4) is 0 Å². The molecule has 0 radical (unpaired) electrons. The summed E-state index contributed by atoms with van der Waals surface area (Å²) in [4.78, 5) is 14.6. The van der Waals surface area contributed by atoms with Gasteiger partial charge in [-0.3, -0.25) is 10.1 Å². The Morgan fingerprint density at radius 3 is 2.74 bits per heavy atom. The van der Waals surface area contributed by atoms with Crippen molar-refractivity contribution in [1.82, 2.24) is 10.1 Å². The maximum absolute atomic E-state index is 11.0. The fourth-order valence-electron chi connectivity index (χ4n) is 1.84. The lowest BCUT2D eigenvalue weighted by atomic mass is 10.2. The number of aromatic nitrogens is 2. The van der Waals surface area contributed by atoms with Crippen molar-refractivity contribution >= 4 is 11.5 Å². The smallest absolute Gasteiger partial charge is 0.314 e. The normalized spacial score (nSPS) is 10.5. The lowest BCUT2D eigenvalue weighted by Crippen LogP contribution is -2.06. The fourth-order valence-corrected chi connectivity index (χ4v) is 1.84. The van der Waals surface area contributed by atoms with Gasteiger partial charge in [-0.1, -0.05) is 5.16 Å². The van der Waals surface area contributed by atoms with Crippen molar-refractivity contribution in [1.29, 1.82) is 0 Å². The monoisotopic (exact) mass is 262 g/mol. The molecule has 0 unspecified atom stereocenters. The first-order valence-corrected chi connectivity index (χ1v) is 5.76. The Balaban J connectivity index is 2.25. The summed E-state index contributed by atoms with van der Waals surface area (Å²) in [5.74, 6) is 0.949. The molecule has 0 amide bonds. The molecule has 19 heavy (non-hydrogen) atoms. The largest absolute Gasteiger partial charge is 0.361 e. The van der Waals surface area contributed by atoms with Crippen molar-refractivity contribution in [2.75, 3.05) is 5.32 Å². The summed E-state index contributed by atoms with van der Waals surface area (Å²) in [7, 11) is 0. The van der Waals surface area contributed by atoms with Crippen LogP contribution in [0.1, 0.15) is 22.6 Å². The number of aryl methyl sites for hydroxylation is 3. The van der Waals surface area contributed by atoms with Gasteiger partial charge in [0.25, 0.3) is 0 Å². The molecule has 1 N–H and O–H groups in total. The van der Waals surface area contributed by atoms with E-state index in [2.05, 4.69) is 15.5 Å². The van der Waals surface area contributed by atoms with Crippen LogP contribution >= 0.6 is 0 Å². The molecule has 2 rings (SSSR count). The van der Waals surface area contributed by atoms with Crippen molar-refractivity contribution in [3.63, 3.8) is 0 Å². The molecule has 7 heteroatoms. The molecule has 0 bridgehead atoms. The molecular formula is C12H14N4O3. The molecule has 0 spiro atoms. The van der Waals surface area contributed by atoms with E-state index in [4.69, 9.17) is 4.52 Å². The molecule has 2 aromatic heterocycles. The van der Waals surface area contributed by atoms with Crippen molar-refractivity contribution < 1.29 is 9.45 Å². The van der Waals surface area contributed by atoms with Crippen LogP contribution in [0.15, 0.2) is 16.8 Å². The first kappa shape index (κ1) is 13.0. The van der Waals surface area contributed by atoms with Crippen LogP contribution in [0.25, 0.3) is 0 Å². The molecule has 0 fully saturated rings. The van der Waals surface area contributed by atoms with Gasteiger partial charge in [0.1, 0.15) is 5.76 Å². The summed E-state index contributed by atoms with van der Waals surface area (Å²) >= 11 is 0. The average Bonchev–Trinajstić information content (AvgIpc) is 2.66. The molecule has 0 atom stereocenters. The highest BCUT2D eigenvalue weighted by Crippen LogP contribution is 2.26. The Bertz CT molecular complexity index is 602. The van der Waals surface area contributed by atoms with Gasteiger partial charge in [0.2, 0.25) is 5.82 Å². The highest BCUT2D eigenvalue weighted by molar-refractivity contribution is 5.59. The Morgan fingerprint density at radius 2 is 2.16 bits per heavy atom. The van der Waals surface area contributed by atoms with E-state index >= 15 is 0 Å². The number of nitro groups is 1. The third-order valence-electron chi connectivity index (χ3n) is 2.92. The summed E-state index contributed by atoms with van der Waals surface area (Å²) in [5, 5.41) is 17.8. The molecule has 0 aliphatic rings. The van der Waals surface area contributed by atoms with E-state index in [1.165, 1.54) is 6.20 Å². The molecule has 7 nitrogen and oxygen atoms in total. The van der Waals surface area contributed by atoms with Crippen LogP contribution in [0.2, 0.25) is 0 Å². The maximum Gasteiger partial charge on any atom is 0.314 e. The second kappa shape index (κ2) is 5.05. The predicted octanol–water partition coefficient (Wildman–Crippen LogP) is 2.52. The zero-order valence-electron chi connectivity index (χ0n) is 10.9. The van der Waals surface area contributed by atoms with Crippen molar-refractivity contribution in [2.45, 2.75) is 27.3 Å². The average molecular weight is 262 g/mol. The van der Waals surface area contributed by atoms with E-state index in [1.54, 1.807) is 19.9 Å². The third kappa shape index (κ3) is 2.54. The predicted molar refractivity (Wildman–Crippen MR) is 68.9 cm³/mol. The molecule has 0 aliphatic carbocycles. The first-order valence-electron chi connectivity index (χ1n) is 5.76. The van der Waals surface area contributed by atoms with Gasteiger partial charge in [-0.25, -0.2) is 4.98 Å². The topological polar surface area (TPSA) is 94.1 Å². The quantitative estimate of drug-likeness (QED) is 0.672.